The number of hydrogen-bond acceptors (Lipinski definition) is 5. The van der Waals surface area contributed by atoms with Crippen molar-refractivity contribution < 1.29 is 14.5 Å². The highest BCUT2D eigenvalue weighted by Gasteiger charge is 2.21. The van der Waals surface area contributed by atoms with Crippen LogP contribution in [-0.2, 0) is 4.79 Å². The van der Waals surface area contributed by atoms with E-state index in [1.165, 1.54) is 30.0 Å². The summed E-state index contributed by atoms with van der Waals surface area (Å²) in [6.45, 7) is 3.76. The highest BCUT2D eigenvalue weighted by atomic mass is 35.5. The van der Waals surface area contributed by atoms with Crippen molar-refractivity contribution in [3.8, 4) is 0 Å². The minimum absolute atomic E-state index is 0.110. The van der Waals surface area contributed by atoms with Crippen molar-refractivity contribution in [2.75, 3.05) is 6.54 Å². The number of carbonyl (C=O) groups excluding carboxylic acids is 2. The molecule has 7 nitrogen and oxygen atoms in total. The molecule has 2 N–H and O–H groups in total. The number of amides is 2. The SMILES string of the molecule is CCNC(=O)[C@@H](C)NC(=O)c1ccc(Sc2ccc(Cl)cc2)c([N+](=O)[O-])c1. The summed E-state index contributed by atoms with van der Waals surface area (Å²) < 4.78 is 0. The molecule has 0 radical (unpaired) electrons. The van der Waals surface area contributed by atoms with E-state index in [4.69, 9.17) is 11.6 Å². The van der Waals surface area contributed by atoms with Gasteiger partial charge in [-0.3, -0.25) is 19.7 Å². The molecule has 0 fully saturated rings. The number of nitrogens with zero attached hydrogens (tertiary/aromatic N) is 1. The van der Waals surface area contributed by atoms with Crippen LogP contribution in [0.5, 0.6) is 0 Å². The van der Waals surface area contributed by atoms with E-state index < -0.39 is 16.9 Å². The second-order valence-electron chi connectivity index (χ2n) is 5.59. The van der Waals surface area contributed by atoms with E-state index in [0.29, 0.717) is 16.5 Å². The number of rotatable bonds is 7. The monoisotopic (exact) mass is 407 g/mol. The standard InChI is InChI=1S/C18H18ClN3O4S/c1-3-20-17(23)11(2)21-18(24)12-4-9-16(15(10-12)22(25)26)27-14-7-5-13(19)6-8-14/h4-11H,3H2,1-2H3,(H,20,23)(H,21,24)/t11-/m1/s1. The molecule has 0 aliphatic rings. The van der Waals surface area contributed by atoms with Crippen molar-refractivity contribution >= 4 is 40.9 Å². The first-order valence-corrected chi connectivity index (χ1v) is 9.31. The number of hydrogen-bond donors (Lipinski definition) is 2. The van der Waals surface area contributed by atoms with Crippen LogP contribution in [0.2, 0.25) is 5.02 Å². The Hall–Kier alpha value is -2.58. The minimum Gasteiger partial charge on any atom is -0.355 e. The summed E-state index contributed by atoms with van der Waals surface area (Å²) >= 11 is 7.05. The van der Waals surface area contributed by atoms with Gasteiger partial charge in [0.1, 0.15) is 6.04 Å². The third-order valence-corrected chi connectivity index (χ3v) is 4.88. The van der Waals surface area contributed by atoms with Gasteiger partial charge in [0.2, 0.25) is 5.91 Å². The molecule has 2 aromatic rings. The maximum atomic E-state index is 12.3. The fourth-order valence-corrected chi connectivity index (χ4v) is 3.22. The molecule has 0 aliphatic carbocycles. The maximum absolute atomic E-state index is 12.3. The van der Waals surface area contributed by atoms with Crippen LogP contribution in [0.15, 0.2) is 52.3 Å². The van der Waals surface area contributed by atoms with Crippen molar-refractivity contribution in [3.05, 3.63) is 63.2 Å². The Balaban J connectivity index is 2.21. The highest BCUT2D eigenvalue weighted by molar-refractivity contribution is 7.99. The Labute approximate surface area is 165 Å². The summed E-state index contributed by atoms with van der Waals surface area (Å²) in [6.07, 6.45) is 0. The number of nitro groups is 1. The van der Waals surface area contributed by atoms with Gasteiger partial charge in [-0.1, -0.05) is 23.4 Å². The number of halogens is 1. The lowest BCUT2D eigenvalue weighted by Crippen LogP contribution is -2.44. The van der Waals surface area contributed by atoms with Gasteiger partial charge >= 0.3 is 0 Å². The van der Waals surface area contributed by atoms with Gasteiger partial charge in [-0.25, -0.2) is 0 Å². The van der Waals surface area contributed by atoms with Crippen LogP contribution < -0.4 is 10.6 Å². The van der Waals surface area contributed by atoms with E-state index >= 15 is 0 Å². The third kappa shape index (κ3) is 5.70. The van der Waals surface area contributed by atoms with Crippen LogP contribution in [0, 0.1) is 10.1 Å². The Kier molecular flexibility index (Phi) is 7.20. The Bertz CT molecular complexity index is 858. The first-order valence-electron chi connectivity index (χ1n) is 8.12. The molecule has 0 aromatic heterocycles. The van der Waals surface area contributed by atoms with Crippen molar-refractivity contribution in [3.63, 3.8) is 0 Å². The first-order chi connectivity index (χ1) is 12.8. The van der Waals surface area contributed by atoms with E-state index in [-0.39, 0.29) is 17.2 Å². The average molecular weight is 408 g/mol. The van der Waals surface area contributed by atoms with Gasteiger partial charge in [-0.15, -0.1) is 0 Å². The number of nitro benzene ring substituents is 1. The summed E-state index contributed by atoms with van der Waals surface area (Å²) in [4.78, 5) is 36.1. The van der Waals surface area contributed by atoms with Crippen LogP contribution in [-0.4, -0.2) is 29.3 Å². The summed E-state index contributed by atoms with van der Waals surface area (Å²) in [5, 5.41) is 17.1. The highest BCUT2D eigenvalue weighted by Crippen LogP contribution is 2.35. The van der Waals surface area contributed by atoms with E-state index in [1.807, 2.05) is 0 Å². The van der Waals surface area contributed by atoms with Crippen molar-refractivity contribution in [2.45, 2.75) is 29.7 Å². The summed E-state index contributed by atoms with van der Waals surface area (Å²) in [5.74, 6) is -0.879. The summed E-state index contributed by atoms with van der Waals surface area (Å²) in [5.41, 5.74) is -0.0773. The van der Waals surface area contributed by atoms with Crippen LogP contribution in [0.3, 0.4) is 0 Å². The average Bonchev–Trinajstić information content (AvgIpc) is 2.63. The third-order valence-electron chi connectivity index (χ3n) is 3.55. The molecule has 0 saturated carbocycles. The fraction of sp³-hybridized carbons (Fsp3) is 0.222. The minimum atomic E-state index is -0.750. The van der Waals surface area contributed by atoms with Crippen LogP contribution in [0.1, 0.15) is 24.2 Å². The number of likely N-dealkylation sites (N-methyl/N-ethyl adjacent to an activating group) is 1. The lowest BCUT2D eigenvalue weighted by Gasteiger charge is -2.13. The van der Waals surface area contributed by atoms with E-state index in [2.05, 4.69) is 10.6 Å². The summed E-state index contributed by atoms with van der Waals surface area (Å²) in [6, 6.07) is 10.4. The smallest absolute Gasteiger partial charge is 0.284 e. The molecule has 0 bridgehead atoms. The zero-order valence-electron chi connectivity index (χ0n) is 14.7. The Morgan fingerprint density at radius 2 is 1.89 bits per heavy atom. The zero-order valence-corrected chi connectivity index (χ0v) is 16.3. The fourth-order valence-electron chi connectivity index (χ4n) is 2.19. The normalized spacial score (nSPS) is 11.5. The van der Waals surface area contributed by atoms with Gasteiger partial charge in [-0.05, 0) is 50.2 Å². The molecule has 2 rings (SSSR count). The molecule has 1 atom stereocenters. The predicted octanol–water partition coefficient (Wildman–Crippen LogP) is 3.65. The van der Waals surface area contributed by atoms with E-state index in [9.17, 15) is 19.7 Å². The molecule has 0 spiro atoms. The zero-order chi connectivity index (χ0) is 20.0. The van der Waals surface area contributed by atoms with Crippen molar-refractivity contribution in [1.29, 1.82) is 0 Å². The van der Waals surface area contributed by atoms with Gasteiger partial charge in [0, 0.05) is 28.1 Å². The molecule has 9 heteroatoms. The molecule has 27 heavy (non-hydrogen) atoms. The predicted molar refractivity (Wildman–Crippen MR) is 104 cm³/mol. The second-order valence-corrected chi connectivity index (χ2v) is 7.14. The molecule has 2 aromatic carbocycles. The Morgan fingerprint density at radius 1 is 1.22 bits per heavy atom. The van der Waals surface area contributed by atoms with Gasteiger partial charge < -0.3 is 10.6 Å². The van der Waals surface area contributed by atoms with Crippen molar-refractivity contribution in [1.82, 2.24) is 10.6 Å². The maximum Gasteiger partial charge on any atom is 0.284 e. The lowest BCUT2D eigenvalue weighted by molar-refractivity contribution is -0.387. The van der Waals surface area contributed by atoms with E-state index in [0.717, 1.165) is 4.90 Å². The topological polar surface area (TPSA) is 101 Å². The molecule has 0 unspecified atom stereocenters. The van der Waals surface area contributed by atoms with Crippen LogP contribution >= 0.6 is 23.4 Å². The largest absolute Gasteiger partial charge is 0.355 e. The van der Waals surface area contributed by atoms with Crippen molar-refractivity contribution in [2.24, 2.45) is 0 Å². The molecule has 0 saturated heterocycles. The number of benzene rings is 2. The molecule has 0 heterocycles. The van der Waals surface area contributed by atoms with Crippen LogP contribution in [0.25, 0.3) is 0 Å². The molecular formula is C18H18ClN3O4S. The second kappa shape index (κ2) is 9.38. The summed E-state index contributed by atoms with van der Waals surface area (Å²) in [7, 11) is 0. The molecular weight excluding hydrogens is 390 g/mol. The van der Waals surface area contributed by atoms with Gasteiger partial charge in [-0.2, -0.15) is 0 Å². The van der Waals surface area contributed by atoms with Gasteiger partial charge in [0.25, 0.3) is 11.6 Å². The first kappa shape index (κ1) is 20.7. The quantitative estimate of drug-likeness (QED) is 0.538. The lowest BCUT2D eigenvalue weighted by atomic mass is 10.1. The van der Waals surface area contributed by atoms with E-state index in [1.54, 1.807) is 38.1 Å². The molecule has 0 aliphatic heterocycles. The number of nitrogens with one attached hydrogen (secondary N) is 2. The van der Waals surface area contributed by atoms with Gasteiger partial charge in [0.05, 0.1) is 9.82 Å². The van der Waals surface area contributed by atoms with Gasteiger partial charge in [0.15, 0.2) is 0 Å². The molecule has 2 amide bonds. The Morgan fingerprint density at radius 3 is 2.48 bits per heavy atom. The number of carbonyl (C=O) groups is 2. The van der Waals surface area contributed by atoms with Crippen LogP contribution in [0.4, 0.5) is 5.69 Å². The molecule has 142 valence electrons.